The molecule has 1 aromatic rings. The number of carbonyl (C=O) groups is 2. The number of imide groups is 1. The minimum Gasteiger partial charge on any atom is -0.447 e. The Kier molecular flexibility index (Phi) is 4.93. The van der Waals surface area contributed by atoms with Gasteiger partial charge in [-0.1, -0.05) is 36.4 Å². The van der Waals surface area contributed by atoms with Gasteiger partial charge in [-0.3, -0.25) is 4.79 Å². The van der Waals surface area contributed by atoms with Crippen LogP contribution >= 0.6 is 0 Å². The molecule has 0 aliphatic carbocycles. The highest BCUT2D eigenvalue weighted by Crippen LogP contribution is 2.19. The second-order valence-electron chi connectivity index (χ2n) is 4.87. The third-order valence-corrected chi connectivity index (χ3v) is 3.34. The van der Waals surface area contributed by atoms with Gasteiger partial charge in [-0.25, -0.2) is 9.69 Å². The maximum atomic E-state index is 12.1. The van der Waals surface area contributed by atoms with Crippen LogP contribution in [-0.2, 0) is 16.0 Å². The van der Waals surface area contributed by atoms with Crippen molar-refractivity contribution in [2.45, 2.75) is 31.7 Å². The van der Waals surface area contributed by atoms with Crippen molar-refractivity contribution in [2.75, 3.05) is 6.61 Å². The molecule has 1 heterocycles. The highest BCUT2D eigenvalue weighted by molar-refractivity contribution is 5.93. The fraction of sp³-hybridized carbons (Fsp3) is 0.375. The quantitative estimate of drug-likeness (QED) is 0.591. The van der Waals surface area contributed by atoms with Gasteiger partial charge < -0.3 is 4.74 Å². The lowest BCUT2D eigenvalue weighted by Gasteiger charge is -2.19. The first-order valence-electron chi connectivity index (χ1n) is 6.86. The maximum Gasteiger partial charge on any atom is 0.416 e. The van der Waals surface area contributed by atoms with Gasteiger partial charge in [-0.2, -0.15) is 0 Å². The summed E-state index contributed by atoms with van der Waals surface area (Å²) in [6, 6.07) is 9.62. The standard InChI is InChI=1S/C16H19NO3/c1-2-3-5-10-15(18)17-14(12-20-16(17)19)11-13-8-6-4-7-9-13/h2,4,6-9,14H,1,3,5,10-12H2/t14-/m0/s1. The van der Waals surface area contributed by atoms with E-state index in [4.69, 9.17) is 4.74 Å². The van der Waals surface area contributed by atoms with E-state index in [1.165, 1.54) is 4.90 Å². The summed E-state index contributed by atoms with van der Waals surface area (Å²) in [7, 11) is 0. The van der Waals surface area contributed by atoms with Crippen LogP contribution in [0.25, 0.3) is 0 Å². The number of hydrogen-bond acceptors (Lipinski definition) is 3. The Morgan fingerprint density at radius 2 is 2.15 bits per heavy atom. The molecular weight excluding hydrogens is 254 g/mol. The van der Waals surface area contributed by atoms with Gasteiger partial charge in [-0.15, -0.1) is 6.58 Å². The molecular formula is C16H19NO3. The number of allylic oxidation sites excluding steroid dienone is 1. The second kappa shape index (κ2) is 6.89. The zero-order chi connectivity index (χ0) is 14.4. The van der Waals surface area contributed by atoms with Gasteiger partial charge in [0.05, 0.1) is 6.04 Å². The van der Waals surface area contributed by atoms with E-state index in [9.17, 15) is 9.59 Å². The first-order valence-corrected chi connectivity index (χ1v) is 6.86. The van der Waals surface area contributed by atoms with E-state index in [1.54, 1.807) is 6.08 Å². The molecule has 0 spiro atoms. The summed E-state index contributed by atoms with van der Waals surface area (Å²) in [5.74, 6) is -0.157. The number of amides is 2. The molecule has 0 unspecified atom stereocenters. The summed E-state index contributed by atoms with van der Waals surface area (Å²) in [6.45, 7) is 3.90. The lowest BCUT2D eigenvalue weighted by Crippen LogP contribution is -2.40. The first kappa shape index (κ1) is 14.3. The van der Waals surface area contributed by atoms with E-state index in [1.807, 2.05) is 30.3 Å². The summed E-state index contributed by atoms with van der Waals surface area (Å²) < 4.78 is 5.02. The van der Waals surface area contributed by atoms with Crippen LogP contribution in [0.5, 0.6) is 0 Å². The number of nitrogens with zero attached hydrogens (tertiary/aromatic N) is 1. The molecule has 1 fully saturated rings. The van der Waals surface area contributed by atoms with Crippen LogP contribution in [0.2, 0.25) is 0 Å². The van der Waals surface area contributed by atoms with Gasteiger partial charge in [0.2, 0.25) is 5.91 Å². The molecule has 1 atom stereocenters. The third-order valence-electron chi connectivity index (χ3n) is 3.34. The van der Waals surface area contributed by atoms with E-state index >= 15 is 0 Å². The molecule has 0 N–H and O–H groups in total. The van der Waals surface area contributed by atoms with Gasteiger partial charge in [0.25, 0.3) is 0 Å². The number of carbonyl (C=O) groups excluding carboxylic acids is 2. The number of benzene rings is 1. The molecule has 0 radical (unpaired) electrons. The largest absolute Gasteiger partial charge is 0.447 e. The van der Waals surface area contributed by atoms with Gasteiger partial charge in [0.15, 0.2) is 0 Å². The van der Waals surface area contributed by atoms with Gasteiger partial charge in [0.1, 0.15) is 6.61 Å². The predicted molar refractivity (Wildman–Crippen MR) is 76.2 cm³/mol. The second-order valence-corrected chi connectivity index (χ2v) is 4.87. The predicted octanol–water partition coefficient (Wildman–Crippen LogP) is 2.93. The van der Waals surface area contributed by atoms with E-state index in [0.29, 0.717) is 19.3 Å². The summed E-state index contributed by atoms with van der Waals surface area (Å²) in [5.41, 5.74) is 1.10. The van der Waals surface area contributed by atoms with E-state index in [0.717, 1.165) is 12.0 Å². The first-order chi connectivity index (χ1) is 9.72. The van der Waals surface area contributed by atoms with Crippen molar-refractivity contribution in [1.29, 1.82) is 0 Å². The lowest BCUT2D eigenvalue weighted by molar-refractivity contribution is -0.129. The zero-order valence-electron chi connectivity index (χ0n) is 11.5. The summed E-state index contributed by atoms with van der Waals surface area (Å²) in [5, 5.41) is 0. The van der Waals surface area contributed by atoms with Gasteiger partial charge in [0, 0.05) is 6.42 Å². The topological polar surface area (TPSA) is 46.6 Å². The fourth-order valence-electron chi connectivity index (χ4n) is 2.32. The molecule has 2 amide bonds. The Bertz CT molecular complexity index is 484. The van der Waals surface area contributed by atoms with Crippen molar-refractivity contribution >= 4 is 12.0 Å². The van der Waals surface area contributed by atoms with Crippen LogP contribution in [0, 0.1) is 0 Å². The molecule has 0 aromatic heterocycles. The number of ether oxygens (including phenoxy) is 1. The number of unbranched alkanes of at least 4 members (excludes halogenated alkanes) is 1. The Balaban J connectivity index is 1.99. The molecule has 4 nitrogen and oxygen atoms in total. The molecule has 1 aliphatic rings. The Hall–Kier alpha value is -2.10. The average Bonchev–Trinajstić information content (AvgIpc) is 2.81. The van der Waals surface area contributed by atoms with Crippen LogP contribution in [0.1, 0.15) is 24.8 Å². The molecule has 0 bridgehead atoms. The van der Waals surface area contributed by atoms with Crippen molar-refractivity contribution in [3.05, 3.63) is 48.6 Å². The van der Waals surface area contributed by atoms with Crippen LogP contribution in [0.3, 0.4) is 0 Å². The summed E-state index contributed by atoms with van der Waals surface area (Å²) in [4.78, 5) is 25.1. The minimum atomic E-state index is -0.519. The smallest absolute Gasteiger partial charge is 0.416 e. The van der Waals surface area contributed by atoms with Crippen LogP contribution in [0.15, 0.2) is 43.0 Å². The van der Waals surface area contributed by atoms with E-state index in [2.05, 4.69) is 6.58 Å². The van der Waals surface area contributed by atoms with E-state index < -0.39 is 6.09 Å². The maximum absolute atomic E-state index is 12.1. The van der Waals surface area contributed by atoms with Crippen LogP contribution in [0.4, 0.5) is 4.79 Å². The summed E-state index contributed by atoms with van der Waals surface area (Å²) in [6.07, 6.45) is 3.74. The van der Waals surface area contributed by atoms with Crippen molar-refractivity contribution in [1.82, 2.24) is 4.90 Å². The zero-order valence-corrected chi connectivity index (χ0v) is 11.5. The molecule has 1 saturated heterocycles. The Labute approximate surface area is 119 Å². The molecule has 20 heavy (non-hydrogen) atoms. The number of cyclic esters (lactones) is 1. The third kappa shape index (κ3) is 3.47. The molecule has 1 aromatic carbocycles. The highest BCUT2D eigenvalue weighted by Gasteiger charge is 2.37. The minimum absolute atomic E-state index is 0.157. The number of rotatable bonds is 6. The fourth-order valence-corrected chi connectivity index (χ4v) is 2.32. The number of hydrogen-bond donors (Lipinski definition) is 0. The molecule has 1 aliphatic heterocycles. The molecule has 0 saturated carbocycles. The van der Waals surface area contributed by atoms with Crippen molar-refractivity contribution in [3.8, 4) is 0 Å². The van der Waals surface area contributed by atoms with Crippen LogP contribution < -0.4 is 0 Å². The molecule has 2 rings (SSSR count). The average molecular weight is 273 g/mol. The van der Waals surface area contributed by atoms with Crippen LogP contribution in [-0.4, -0.2) is 29.5 Å². The Morgan fingerprint density at radius 3 is 2.85 bits per heavy atom. The van der Waals surface area contributed by atoms with Crippen molar-refractivity contribution in [2.24, 2.45) is 0 Å². The van der Waals surface area contributed by atoms with Crippen molar-refractivity contribution < 1.29 is 14.3 Å². The SMILES string of the molecule is C=CCCCC(=O)N1C(=O)OC[C@@H]1Cc1ccccc1. The van der Waals surface area contributed by atoms with Gasteiger partial charge in [-0.05, 0) is 24.8 Å². The van der Waals surface area contributed by atoms with Gasteiger partial charge >= 0.3 is 6.09 Å². The summed E-state index contributed by atoms with van der Waals surface area (Å²) >= 11 is 0. The monoisotopic (exact) mass is 273 g/mol. The normalized spacial score (nSPS) is 17.9. The molecule has 106 valence electrons. The lowest BCUT2D eigenvalue weighted by atomic mass is 10.1. The molecule has 4 heteroatoms. The van der Waals surface area contributed by atoms with E-state index in [-0.39, 0.29) is 18.6 Å². The van der Waals surface area contributed by atoms with Crippen molar-refractivity contribution in [3.63, 3.8) is 0 Å². The highest BCUT2D eigenvalue weighted by atomic mass is 16.6. The Morgan fingerprint density at radius 1 is 1.40 bits per heavy atom.